The van der Waals surface area contributed by atoms with Crippen LogP contribution in [0.3, 0.4) is 0 Å². The molecule has 304 valence electrons. The fourth-order valence-electron chi connectivity index (χ4n) is 9.34. The lowest BCUT2D eigenvalue weighted by molar-refractivity contribution is -0.306. The average molecular weight is 814 g/mol. The largest absolute Gasteiger partial charge is 0.508 e. The third-order valence-corrected chi connectivity index (χ3v) is 12.2. The van der Waals surface area contributed by atoms with E-state index in [1.54, 1.807) is 10.9 Å². The van der Waals surface area contributed by atoms with Gasteiger partial charge in [0.1, 0.15) is 31.7 Å². The Balaban J connectivity index is 0.845. The lowest BCUT2D eigenvalue weighted by Gasteiger charge is -2.46. The van der Waals surface area contributed by atoms with Crippen LogP contribution in [0.2, 0.25) is 0 Å². The van der Waals surface area contributed by atoms with Crippen LogP contribution >= 0.6 is 0 Å². The van der Waals surface area contributed by atoms with Gasteiger partial charge in [0.15, 0.2) is 29.4 Å². The number of nitrogens with one attached hydrogen (secondary N) is 1. The van der Waals surface area contributed by atoms with Gasteiger partial charge in [-0.15, -0.1) is 0 Å². The van der Waals surface area contributed by atoms with Gasteiger partial charge in [-0.25, -0.2) is 24.5 Å². The van der Waals surface area contributed by atoms with Crippen LogP contribution in [0.4, 0.5) is 15.4 Å². The maximum absolute atomic E-state index is 13.9. The van der Waals surface area contributed by atoms with Gasteiger partial charge in [0.25, 0.3) is 0 Å². The van der Waals surface area contributed by atoms with E-state index in [0.717, 1.165) is 50.1 Å². The molecule has 2 aliphatic heterocycles. The van der Waals surface area contributed by atoms with E-state index in [1.807, 2.05) is 78.9 Å². The summed E-state index contributed by atoms with van der Waals surface area (Å²) in [7, 11) is 0. The number of carbonyl (C=O) groups excluding carboxylic acids is 2. The van der Waals surface area contributed by atoms with Gasteiger partial charge in [-0.2, -0.15) is 0 Å². The predicted octanol–water partition coefficient (Wildman–Crippen LogP) is 8.58. The average Bonchev–Trinajstić information content (AvgIpc) is 3.99. The van der Waals surface area contributed by atoms with Crippen molar-refractivity contribution >= 4 is 29.2 Å². The van der Waals surface area contributed by atoms with Gasteiger partial charge < -0.3 is 33.0 Å². The molecule has 0 spiro atoms. The summed E-state index contributed by atoms with van der Waals surface area (Å²) in [5, 5.41) is 2.78. The molecule has 2 saturated heterocycles. The second-order valence-corrected chi connectivity index (χ2v) is 15.5. The first-order valence-electron chi connectivity index (χ1n) is 20.3. The maximum Gasteiger partial charge on any atom is 0.508 e. The smallest absolute Gasteiger partial charge is 0.448 e. The van der Waals surface area contributed by atoms with Crippen LogP contribution in [0, 0.1) is 0 Å². The second-order valence-electron chi connectivity index (χ2n) is 15.5. The Labute approximate surface area is 350 Å². The van der Waals surface area contributed by atoms with Crippen molar-refractivity contribution in [2.24, 2.45) is 0 Å². The maximum atomic E-state index is 13.9. The highest BCUT2D eigenvalue weighted by molar-refractivity contribution is 5.93. The molecule has 2 aliphatic carbocycles. The summed E-state index contributed by atoms with van der Waals surface area (Å²) in [6, 6.07) is 41.5. The van der Waals surface area contributed by atoms with E-state index >= 15 is 0 Å². The fourth-order valence-corrected chi connectivity index (χ4v) is 9.34. The van der Waals surface area contributed by atoms with E-state index in [0.29, 0.717) is 11.2 Å². The van der Waals surface area contributed by atoms with E-state index < -0.39 is 42.9 Å². The van der Waals surface area contributed by atoms with Crippen molar-refractivity contribution < 1.29 is 38.0 Å². The van der Waals surface area contributed by atoms with Crippen LogP contribution in [0.15, 0.2) is 140 Å². The molecule has 5 aromatic carbocycles. The minimum atomic E-state index is -0.921. The molecule has 5 atom stereocenters. The molecule has 4 aliphatic rings. The lowest BCUT2D eigenvalue weighted by atomic mass is 9.96. The van der Waals surface area contributed by atoms with E-state index in [9.17, 15) is 9.59 Å². The Kier molecular flexibility index (Phi) is 9.48. The van der Waals surface area contributed by atoms with Gasteiger partial charge in [-0.1, -0.05) is 127 Å². The number of nitrogens with zero attached hydrogens (tertiary/aromatic N) is 4. The monoisotopic (exact) mass is 813 g/mol. The third kappa shape index (κ3) is 6.67. The molecule has 0 unspecified atom stereocenters. The van der Waals surface area contributed by atoms with Crippen LogP contribution in [0.5, 0.6) is 0 Å². The molecular formula is C48H39N5O8. The number of anilines is 1. The molecular weight excluding hydrogens is 775 g/mol. The number of amides is 1. The molecule has 0 bridgehead atoms. The molecule has 2 fully saturated rings. The molecule has 0 saturated carbocycles. The molecule has 13 nitrogen and oxygen atoms in total. The van der Waals surface area contributed by atoms with Gasteiger partial charge in [0.05, 0.1) is 25.6 Å². The van der Waals surface area contributed by atoms with Crippen molar-refractivity contribution in [2.75, 3.05) is 31.7 Å². The summed E-state index contributed by atoms with van der Waals surface area (Å²) in [6.07, 6.45) is -1.57. The molecule has 1 amide bonds. The minimum Gasteiger partial charge on any atom is -0.448 e. The Morgan fingerprint density at radius 3 is 1.85 bits per heavy atom. The number of rotatable bonds is 8. The van der Waals surface area contributed by atoms with Crippen LogP contribution in [-0.2, 0) is 28.4 Å². The molecule has 11 rings (SSSR count). The number of hydrogen-bond donors (Lipinski definition) is 1. The van der Waals surface area contributed by atoms with Gasteiger partial charge >= 0.3 is 12.2 Å². The highest BCUT2D eigenvalue weighted by Crippen LogP contribution is 2.46. The number of hydrogen-bond acceptors (Lipinski definition) is 11. The zero-order valence-corrected chi connectivity index (χ0v) is 32.7. The van der Waals surface area contributed by atoms with Crippen LogP contribution in [-0.4, -0.2) is 76.5 Å². The highest BCUT2D eigenvalue weighted by Gasteiger charge is 2.49. The fraction of sp³-hybridized carbons (Fsp3) is 0.229. The normalized spacial score (nSPS) is 21.4. The summed E-state index contributed by atoms with van der Waals surface area (Å²) in [6.45, 7) is 0.531. The summed E-state index contributed by atoms with van der Waals surface area (Å²) < 4.78 is 38.8. The topological polar surface area (TPSA) is 145 Å². The Hall–Kier alpha value is -6.93. The van der Waals surface area contributed by atoms with Gasteiger partial charge in [0.2, 0.25) is 0 Å². The van der Waals surface area contributed by atoms with E-state index in [-0.39, 0.29) is 44.1 Å². The number of fused-ring (bicyclic) bond motifs is 8. The number of carbonyl (C=O) groups is 2. The van der Waals surface area contributed by atoms with Gasteiger partial charge in [0, 0.05) is 17.4 Å². The van der Waals surface area contributed by atoms with Crippen molar-refractivity contribution in [1.29, 1.82) is 0 Å². The third-order valence-electron chi connectivity index (χ3n) is 12.2. The quantitative estimate of drug-likeness (QED) is 0.147. The number of ether oxygens (including phenoxy) is 6. The first-order chi connectivity index (χ1) is 30.1. The SMILES string of the molecule is O=C(Nc1ncnc2c1ncn2[C@@H]1CO[C@@H]2CO[C@@H](c3ccccc3)O[C@H]2[C@H]1OC(=O)OCC1c2ccccc2-c2ccccc21)OCC1c2ccccc2-c2ccccc21. The van der Waals surface area contributed by atoms with Crippen molar-refractivity contribution in [1.82, 2.24) is 19.5 Å². The highest BCUT2D eigenvalue weighted by atomic mass is 16.8. The number of imidazole rings is 1. The molecule has 7 aromatic rings. The van der Waals surface area contributed by atoms with E-state index in [1.165, 1.54) is 6.33 Å². The van der Waals surface area contributed by atoms with Crippen LogP contribution in [0.1, 0.15) is 52.0 Å². The van der Waals surface area contributed by atoms with Crippen molar-refractivity contribution in [2.45, 2.75) is 42.5 Å². The molecule has 1 N–H and O–H groups in total. The first-order valence-corrected chi connectivity index (χ1v) is 20.3. The molecule has 0 radical (unpaired) electrons. The molecule has 13 heteroatoms. The zero-order chi connectivity index (χ0) is 40.9. The number of aromatic nitrogens is 4. The van der Waals surface area contributed by atoms with Gasteiger partial charge in [-0.05, 0) is 44.5 Å². The first kappa shape index (κ1) is 37.1. The van der Waals surface area contributed by atoms with Crippen LogP contribution in [0.25, 0.3) is 33.4 Å². The standard InChI is InChI=1S/C48H39N5O8/c54-47(58-22-37-33-18-8-4-14-29(33)30-15-5-9-19-34(30)37)52-44-41-45(50-26-49-44)53(27-51-41)39-24-56-40-25-57-46(28-12-2-1-3-13-28)60-43(40)42(39)61-48(55)59-23-38-35-20-10-6-16-31(35)32-17-7-11-21-36(32)38/h1-21,26-27,37-40,42-43,46H,22-25H2,(H,49,50,52,54)/t39-,40-,42+,43-,46-/m1/s1. The summed E-state index contributed by atoms with van der Waals surface area (Å²) in [5.74, 6) is -0.104. The summed E-state index contributed by atoms with van der Waals surface area (Å²) >= 11 is 0. The zero-order valence-electron chi connectivity index (χ0n) is 32.7. The minimum absolute atomic E-state index is 0.0809. The van der Waals surface area contributed by atoms with Crippen molar-refractivity contribution in [3.8, 4) is 22.3 Å². The van der Waals surface area contributed by atoms with Crippen molar-refractivity contribution in [3.05, 3.63) is 168 Å². The Morgan fingerprint density at radius 2 is 1.23 bits per heavy atom. The molecule has 2 aromatic heterocycles. The molecule has 61 heavy (non-hydrogen) atoms. The lowest BCUT2D eigenvalue weighted by Crippen LogP contribution is -2.57. The van der Waals surface area contributed by atoms with Crippen LogP contribution < -0.4 is 5.32 Å². The Bertz CT molecular complexity index is 2690. The molecule has 4 heterocycles. The van der Waals surface area contributed by atoms with Crippen molar-refractivity contribution in [3.63, 3.8) is 0 Å². The number of benzene rings is 5. The Morgan fingerprint density at radius 1 is 0.656 bits per heavy atom. The summed E-state index contributed by atoms with van der Waals surface area (Å²) in [5.41, 5.74) is 10.4. The van der Waals surface area contributed by atoms with E-state index in [2.05, 4.69) is 68.8 Å². The predicted molar refractivity (Wildman–Crippen MR) is 223 cm³/mol. The van der Waals surface area contributed by atoms with E-state index in [4.69, 9.17) is 28.4 Å². The van der Waals surface area contributed by atoms with Gasteiger partial charge in [-0.3, -0.25) is 5.32 Å². The second kappa shape index (κ2) is 15.6. The summed E-state index contributed by atoms with van der Waals surface area (Å²) in [4.78, 5) is 40.8.